The van der Waals surface area contributed by atoms with Crippen LogP contribution in [-0.4, -0.2) is 22.0 Å². The minimum atomic E-state index is -1.13. The summed E-state index contributed by atoms with van der Waals surface area (Å²) in [4.78, 5) is 26.0. The maximum absolute atomic E-state index is 11.1. The minimum Gasteiger partial charge on any atom is -0.477 e. The van der Waals surface area contributed by atoms with Crippen molar-refractivity contribution in [1.82, 2.24) is 4.98 Å². The Bertz CT molecular complexity index is 655. The van der Waals surface area contributed by atoms with Crippen LogP contribution in [0, 0.1) is 0 Å². The summed E-state index contributed by atoms with van der Waals surface area (Å²) >= 11 is 0. The molecular weight excluding hydrogens is 260 g/mol. The first-order valence-corrected chi connectivity index (χ1v) is 5.79. The highest BCUT2D eigenvalue weighted by atomic mass is 16.5. The molecule has 1 aromatic carbocycles. The number of amides is 1. The Morgan fingerprint density at radius 3 is 2.65 bits per heavy atom. The van der Waals surface area contributed by atoms with Crippen LogP contribution in [0.1, 0.15) is 17.3 Å². The van der Waals surface area contributed by atoms with Gasteiger partial charge in [0.1, 0.15) is 11.3 Å². The smallest absolute Gasteiger partial charge is 0.341 e. The third-order valence-corrected chi connectivity index (χ3v) is 2.43. The Morgan fingerprint density at radius 2 is 1.95 bits per heavy atom. The topological polar surface area (TPSA) is 88.5 Å². The van der Waals surface area contributed by atoms with Crippen LogP contribution < -0.4 is 10.1 Å². The van der Waals surface area contributed by atoms with E-state index >= 15 is 0 Å². The summed E-state index contributed by atoms with van der Waals surface area (Å²) in [5.74, 6) is -0.860. The SMILES string of the molecule is CC(=O)Nc1ccccc1Oc1ccncc1C(=O)O. The highest BCUT2D eigenvalue weighted by Gasteiger charge is 2.13. The number of hydrogen-bond donors (Lipinski definition) is 2. The molecule has 0 unspecified atom stereocenters. The number of ether oxygens (including phenoxy) is 1. The second kappa shape index (κ2) is 5.83. The summed E-state index contributed by atoms with van der Waals surface area (Å²) < 4.78 is 5.57. The number of benzene rings is 1. The third kappa shape index (κ3) is 3.11. The summed E-state index contributed by atoms with van der Waals surface area (Å²) in [7, 11) is 0. The number of anilines is 1. The second-order valence-electron chi connectivity index (χ2n) is 3.96. The summed E-state index contributed by atoms with van der Waals surface area (Å²) in [5, 5.41) is 11.7. The van der Waals surface area contributed by atoms with Crippen LogP contribution in [0.3, 0.4) is 0 Å². The van der Waals surface area contributed by atoms with Gasteiger partial charge in [0, 0.05) is 25.4 Å². The van der Waals surface area contributed by atoms with E-state index in [-0.39, 0.29) is 17.2 Å². The normalized spacial score (nSPS) is 9.85. The fraction of sp³-hybridized carbons (Fsp3) is 0.0714. The van der Waals surface area contributed by atoms with Gasteiger partial charge in [-0.3, -0.25) is 9.78 Å². The number of carbonyl (C=O) groups excluding carboxylic acids is 1. The molecule has 0 atom stereocenters. The highest BCUT2D eigenvalue weighted by Crippen LogP contribution is 2.30. The van der Waals surface area contributed by atoms with Crippen molar-refractivity contribution >= 4 is 17.6 Å². The van der Waals surface area contributed by atoms with E-state index in [0.29, 0.717) is 11.4 Å². The number of pyridine rings is 1. The Kier molecular flexibility index (Phi) is 3.95. The van der Waals surface area contributed by atoms with Gasteiger partial charge in [0.25, 0.3) is 0 Å². The number of carbonyl (C=O) groups is 2. The molecule has 0 bridgehead atoms. The van der Waals surface area contributed by atoms with Crippen molar-refractivity contribution in [2.24, 2.45) is 0 Å². The van der Waals surface area contributed by atoms with Crippen LogP contribution in [0.4, 0.5) is 5.69 Å². The van der Waals surface area contributed by atoms with Gasteiger partial charge in [0.15, 0.2) is 5.75 Å². The average Bonchev–Trinajstić information content (AvgIpc) is 2.41. The van der Waals surface area contributed by atoms with Crippen LogP contribution >= 0.6 is 0 Å². The molecule has 102 valence electrons. The summed E-state index contributed by atoms with van der Waals surface area (Å²) in [6.07, 6.45) is 2.64. The molecule has 0 saturated heterocycles. The maximum atomic E-state index is 11.1. The number of aromatic nitrogens is 1. The molecule has 6 nitrogen and oxygen atoms in total. The minimum absolute atomic E-state index is 0.0508. The van der Waals surface area contributed by atoms with Crippen molar-refractivity contribution in [1.29, 1.82) is 0 Å². The lowest BCUT2D eigenvalue weighted by Gasteiger charge is -2.12. The van der Waals surface area contributed by atoms with Gasteiger partial charge in [0.05, 0.1) is 5.69 Å². The van der Waals surface area contributed by atoms with E-state index in [4.69, 9.17) is 9.84 Å². The molecule has 20 heavy (non-hydrogen) atoms. The molecular formula is C14H12N2O4. The second-order valence-corrected chi connectivity index (χ2v) is 3.96. The molecule has 2 N–H and O–H groups in total. The number of nitrogens with one attached hydrogen (secondary N) is 1. The number of nitrogens with zero attached hydrogens (tertiary/aromatic N) is 1. The average molecular weight is 272 g/mol. The molecule has 6 heteroatoms. The molecule has 1 aromatic heterocycles. The first kappa shape index (κ1) is 13.5. The molecule has 0 saturated carbocycles. The number of aromatic carboxylic acids is 1. The van der Waals surface area contributed by atoms with E-state index < -0.39 is 5.97 Å². The molecule has 0 aliphatic heterocycles. The highest BCUT2D eigenvalue weighted by molar-refractivity contribution is 5.92. The Balaban J connectivity index is 2.35. The van der Waals surface area contributed by atoms with E-state index in [9.17, 15) is 9.59 Å². The fourth-order valence-corrected chi connectivity index (χ4v) is 1.60. The lowest BCUT2D eigenvalue weighted by molar-refractivity contribution is -0.114. The van der Waals surface area contributed by atoms with Gasteiger partial charge in [-0.2, -0.15) is 0 Å². The van der Waals surface area contributed by atoms with Gasteiger partial charge in [-0.25, -0.2) is 4.79 Å². The molecule has 0 aliphatic carbocycles. The number of carboxylic acids is 1. The van der Waals surface area contributed by atoms with Crippen LogP contribution in [0.25, 0.3) is 0 Å². The van der Waals surface area contributed by atoms with Gasteiger partial charge in [0.2, 0.25) is 5.91 Å². The van der Waals surface area contributed by atoms with Gasteiger partial charge >= 0.3 is 5.97 Å². The Labute approximate surface area is 115 Å². The zero-order valence-corrected chi connectivity index (χ0v) is 10.7. The van der Waals surface area contributed by atoms with Gasteiger partial charge < -0.3 is 15.2 Å². The van der Waals surface area contributed by atoms with Crippen molar-refractivity contribution in [3.05, 3.63) is 48.3 Å². The molecule has 1 heterocycles. The number of para-hydroxylation sites is 2. The van der Waals surface area contributed by atoms with E-state index in [1.165, 1.54) is 25.4 Å². The number of hydrogen-bond acceptors (Lipinski definition) is 4. The van der Waals surface area contributed by atoms with Crippen LogP contribution in [0.15, 0.2) is 42.7 Å². The lowest BCUT2D eigenvalue weighted by Crippen LogP contribution is -2.07. The van der Waals surface area contributed by atoms with E-state index in [2.05, 4.69) is 10.3 Å². The van der Waals surface area contributed by atoms with Crippen molar-refractivity contribution in [2.45, 2.75) is 6.92 Å². The van der Waals surface area contributed by atoms with Crippen molar-refractivity contribution in [3.8, 4) is 11.5 Å². The number of carboxylic acid groups (broad SMARTS) is 1. The summed E-state index contributed by atoms with van der Waals surface area (Å²) in [5.41, 5.74) is 0.415. The third-order valence-electron chi connectivity index (χ3n) is 2.43. The molecule has 0 radical (unpaired) electrons. The van der Waals surface area contributed by atoms with Crippen molar-refractivity contribution in [3.63, 3.8) is 0 Å². The first-order chi connectivity index (χ1) is 9.58. The fourth-order valence-electron chi connectivity index (χ4n) is 1.60. The standard InChI is InChI=1S/C14H12N2O4/c1-9(17)16-11-4-2-3-5-13(11)20-12-6-7-15-8-10(12)14(18)19/h2-8H,1H3,(H,16,17)(H,18,19). The number of rotatable bonds is 4. The van der Waals surface area contributed by atoms with E-state index in [0.717, 1.165) is 0 Å². The molecule has 0 fully saturated rings. The maximum Gasteiger partial charge on any atom is 0.341 e. The van der Waals surface area contributed by atoms with Gasteiger partial charge in [-0.1, -0.05) is 12.1 Å². The van der Waals surface area contributed by atoms with Crippen LogP contribution in [-0.2, 0) is 4.79 Å². The lowest BCUT2D eigenvalue weighted by atomic mass is 10.2. The van der Waals surface area contributed by atoms with Crippen molar-refractivity contribution < 1.29 is 19.4 Å². The van der Waals surface area contributed by atoms with E-state index in [1.807, 2.05) is 0 Å². The van der Waals surface area contributed by atoms with E-state index in [1.54, 1.807) is 24.3 Å². The van der Waals surface area contributed by atoms with Crippen LogP contribution in [0.2, 0.25) is 0 Å². The molecule has 0 aliphatic rings. The predicted octanol–water partition coefficient (Wildman–Crippen LogP) is 2.53. The molecule has 1 amide bonds. The zero-order valence-electron chi connectivity index (χ0n) is 10.7. The molecule has 2 rings (SSSR count). The quantitative estimate of drug-likeness (QED) is 0.892. The van der Waals surface area contributed by atoms with Crippen molar-refractivity contribution in [2.75, 3.05) is 5.32 Å². The monoisotopic (exact) mass is 272 g/mol. The van der Waals surface area contributed by atoms with Crippen LogP contribution in [0.5, 0.6) is 11.5 Å². The Morgan fingerprint density at radius 1 is 1.20 bits per heavy atom. The first-order valence-electron chi connectivity index (χ1n) is 5.79. The summed E-state index contributed by atoms with van der Waals surface area (Å²) in [6.45, 7) is 1.38. The summed E-state index contributed by atoms with van der Waals surface area (Å²) in [6, 6.07) is 8.22. The zero-order chi connectivity index (χ0) is 14.5. The van der Waals surface area contributed by atoms with Gasteiger partial charge in [-0.05, 0) is 12.1 Å². The molecule has 0 spiro atoms. The Hall–Kier alpha value is -2.89. The largest absolute Gasteiger partial charge is 0.477 e. The predicted molar refractivity (Wildman–Crippen MR) is 72.0 cm³/mol. The van der Waals surface area contributed by atoms with Gasteiger partial charge in [-0.15, -0.1) is 0 Å². The molecule has 2 aromatic rings.